The minimum Gasteiger partial charge on any atom is -0.478 e. The third-order valence-corrected chi connectivity index (χ3v) is 3.39. The quantitative estimate of drug-likeness (QED) is 0.749. The summed E-state index contributed by atoms with van der Waals surface area (Å²) in [5.74, 6) is -0.998. The van der Waals surface area contributed by atoms with Crippen LogP contribution in [0.4, 0.5) is 11.4 Å². The standard InChI is InChI=1S/C15H15ClN2O2/c1-9(11-4-2-3-5-12(11)16)18-14-7-6-10(15(19)20)8-13(14)17/h2-9,18H,17H2,1H3,(H,19,20). The highest BCUT2D eigenvalue weighted by atomic mass is 35.5. The van der Waals surface area contributed by atoms with E-state index in [9.17, 15) is 4.79 Å². The number of nitrogens with two attached hydrogens (primary N) is 1. The Hall–Kier alpha value is -2.20. The third kappa shape index (κ3) is 3.03. The molecular weight excluding hydrogens is 276 g/mol. The van der Waals surface area contributed by atoms with Crippen molar-refractivity contribution < 1.29 is 9.90 Å². The topological polar surface area (TPSA) is 75.3 Å². The number of benzene rings is 2. The van der Waals surface area contributed by atoms with Crippen molar-refractivity contribution in [2.24, 2.45) is 0 Å². The number of aromatic carboxylic acids is 1. The maximum atomic E-state index is 10.9. The Morgan fingerprint density at radius 2 is 2.00 bits per heavy atom. The summed E-state index contributed by atoms with van der Waals surface area (Å²) in [6.45, 7) is 1.96. The van der Waals surface area contributed by atoms with Gasteiger partial charge >= 0.3 is 5.97 Å². The molecule has 0 bridgehead atoms. The van der Waals surface area contributed by atoms with E-state index < -0.39 is 5.97 Å². The lowest BCUT2D eigenvalue weighted by atomic mass is 10.1. The number of nitrogen functional groups attached to an aromatic ring is 1. The van der Waals surface area contributed by atoms with E-state index in [1.165, 1.54) is 12.1 Å². The van der Waals surface area contributed by atoms with E-state index in [0.717, 1.165) is 5.56 Å². The molecule has 0 amide bonds. The van der Waals surface area contributed by atoms with Crippen molar-refractivity contribution in [3.05, 3.63) is 58.6 Å². The van der Waals surface area contributed by atoms with Crippen molar-refractivity contribution in [1.29, 1.82) is 0 Å². The molecule has 1 atom stereocenters. The minimum atomic E-state index is -0.998. The number of carboxylic acids is 1. The molecule has 0 aliphatic carbocycles. The molecule has 0 aliphatic rings. The number of halogens is 1. The molecule has 2 rings (SSSR count). The van der Waals surface area contributed by atoms with Crippen molar-refractivity contribution in [3.63, 3.8) is 0 Å². The molecule has 20 heavy (non-hydrogen) atoms. The van der Waals surface area contributed by atoms with E-state index in [0.29, 0.717) is 16.4 Å². The molecule has 0 heterocycles. The monoisotopic (exact) mass is 290 g/mol. The van der Waals surface area contributed by atoms with E-state index >= 15 is 0 Å². The Labute approximate surface area is 122 Å². The van der Waals surface area contributed by atoms with Crippen LogP contribution in [0, 0.1) is 0 Å². The third-order valence-electron chi connectivity index (χ3n) is 3.04. The van der Waals surface area contributed by atoms with Gasteiger partial charge in [0.2, 0.25) is 0 Å². The Kier molecular flexibility index (Phi) is 4.15. The molecule has 0 saturated carbocycles. The van der Waals surface area contributed by atoms with Gasteiger partial charge in [0.1, 0.15) is 0 Å². The van der Waals surface area contributed by atoms with Crippen LogP contribution in [0.25, 0.3) is 0 Å². The summed E-state index contributed by atoms with van der Waals surface area (Å²) in [6.07, 6.45) is 0. The SMILES string of the molecule is CC(Nc1ccc(C(=O)O)cc1N)c1ccccc1Cl. The molecule has 2 aromatic rings. The second-order valence-electron chi connectivity index (χ2n) is 4.49. The molecule has 4 N–H and O–H groups in total. The first kappa shape index (κ1) is 14.2. The minimum absolute atomic E-state index is 0.0401. The lowest BCUT2D eigenvalue weighted by molar-refractivity contribution is 0.0697. The number of carboxylic acid groups (broad SMARTS) is 1. The van der Waals surface area contributed by atoms with Crippen LogP contribution in [0.1, 0.15) is 28.9 Å². The molecule has 1 unspecified atom stereocenters. The first-order valence-electron chi connectivity index (χ1n) is 6.13. The van der Waals surface area contributed by atoms with Crippen LogP contribution in [0.5, 0.6) is 0 Å². The van der Waals surface area contributed by atoms with Crippen LogP contribution >= 0.6 is 11.6 Å². The van der Waals surface area contributed by atoms with Gasteiger partial charge in [-0.1, -0.05) is 29.8 Å². The van der Waals surface area contributed by atoms with E-state index in [1.807, 2.05) is 31.2 Å². The van der Waals surface area contributed by atoms with Gasteiger partial charge in [-0.3, -0.25) is 0 Å². The van der Waals surface area contributed by atoms with Gasteiger partial charge in [-0.15, -0.1) is 0 Å². The van der Waals surface area contributed by atoms with Gasteiger partial charge in [-0.25, -0.2) is 4.79 Å². The number of anilines is 2. The summed E-state index contributed by atoms with van der Waals surface area (Å²) in [6, 6.07) is 12.1. The first-order valence-corrected chi connectivity index (χ1v) is 6.50. The highest BCUT2D eigenvalue weighted by molar-refractivity contribution is 6.31. The Balaban J connectivity index is 2.22. The summed E-state index contributed by atoms with van der Waals surface area (Å²) in [5, 5.41) is 12.8. The van der Waals surface area contributed by atoms with Crippen LogP contribution in [-0.4, -0.2) is 11.1 Å². The fraction of sp³-hybridized carbons (Fsp3) is 0.133. The number of hydrogen-bond donors (Lipinski definition) is 3. The van der Waals surface area contributed by atoms with E-state index in [4.69, 9.17) is 22.4 Å². The molecular formula is C15H15ClN2O2. The molecule has 0 aliphatic heterocycles. The smallest absolute Gasteiger partial charge is 0.335 e. The molecule has 0 aromatic heterocycles. The number of nitrogens with one attached hydrogen (secondary N) is 1. The number of carbonyl (C=O) groups is 1. The van der Waals surface area contributed by atoms with Gasteiger partial charge < -0.3 is 16.2 Å². The van der Waals surface area contributed by atoms with Gasteiger partial charge in [0.25, 0.3) is 0 Å². The highest BCUT2D eigenvalue weighted by Crippen LogP contribution is 2.28. The fourth-order valence-corrected chi connectivity index (χ4v) is 2.26. The molecule has 5 heteroatoms. The number of rotatable bonds is 4. The highest BCUT2D eigenvalue weighted by Gasteiger charge is 2.11. The largest absolute Gasteiger partial charge is 0.478 e. The molecule has 0 spiro atoms. The second kappa shape index (κ2) is 5.84. The Bertz CT molecular complexity index is 644. The van der Waals surface area contributed by atoms with Gasteiger partial charge in [0.05, 0.1) is 23.0 Å². The zero-order valence-electron chi connectivity index (χ0n) is 10.9. The van der Waals surface area contributed by atoms with Crippen molar-refractivity contribution in [2.45, 2.75) is 13.0 Å². The molecule has 0 radical (unpaired) electrons. The second-order valence-corrected chi connectivity index (χ2v) is 4.90. The zero-order valence-corrected chi connectivity index (χ0v) is 11.7. The van der Waals surface area contributed by atoms with E-state index in [1.54, 1.807) is 6.07 Å². The van der Waals surface area contributed by atoms with Crippen LogP contribution in [0.2, 0.25) is 5.02 Å². The van der Waals surface area contributed by atoms with Gasteiger partial charge in [-0.05, 0) is 36.8 Å². The average Bonchev–Trinajstić information content (AvgIpc) is 2.41. The lowest BCUT2D eigenvalue weighted by Gasteiger charge is -2.18. The molecule has 0 saturated heterocycles. The van der Waals surface area contributed by atoms with Crippen LogP contribution < -0.4 is 11.1 Å². The molecule has 4 nitrogen and oxygen atoms in total. The zero-order chi connectivity index (χ0) is 14.7. The molecule has 2 aromatic carbocycles. The van der Waals surface area contributed by atoms with Crippen LogP contribution in [0.15, 0.2) is 42.5 Å². The summed E-state index contributed by atoms with van der Waals surface area (Å²) in [4.78, 5) is 10.9. The van der Waals surface area contributed by atoms with Gasteiger partial charge in [0.15, 0.2) is 0 Å². The Morgan fingerprint density at radius 1 is 1.30 bits per heavy atom. The number of hydrogen-bond acceptors (Lipinski definition) is 3. The molecule has 104 valence electrons. The summed E-state index contributed by atoms with van der Waals surface area (Å²) >= 11 is 6.14. The molecule has 0 fully saturated rings. The predicted octanol–water partition coefficient (Wildman–Crippen LogP) is 3.79. The van der Waals surface area contributed by atoms with Crippen LogP contribution in [0.3, 0.4) is 0 Å². The Morgan fingerprint density at radius 3 is 2.60 bits per heavy atom. The predicted molar refractivity (Wildman–Crippen MR) is 81.3 cm³/mol. The normalized spacial score (nSPS) is 11.9. The summed E-state index contributed by atoms with van der Waals surface area (Å²) < 4.78 is 0. The van der Waals surface area contributed by atoms with Crippen molar-refractivity contribution in [3.8, 4) is 0 Å². The van der Waals surface area contributed by atoms with Crippen molar-refractivity contribution in [1.82, 2.24) is 0 Å². The first-order chi connectivity index (χ1) is 9.49. The van der Waals surface area contributed by atoms with E-state index in [2.05, 4.69) is 5.32 Å². The summed E-state index contributed by atoms with van der Waals surface area (Å²) in [5.41, 5.74) is 8.06. The van der Waals surface area contributed by atoms with Crippen LogP contribution in [-0.2, 0) is 0 Å². The van der Waals surface area contributed by atoms with Crippen molar-refractivity contribution >= 4 is 28.9 Å². The lowest BCUT2D eigenvalue weighted by Crippen LogP contribution is -2.09. The van der Waals surface area contributed by atoms with E-state index in [-0.39, 0.29) is 11.6 Å². The fourth-order valence-electron chi connectivity index (χ4n) is 1.96. The average molecular weight is 291 g/mol. The van der Waals surface area contributed by atoms with Gasteiger partial charge in [-0.2, -0.15) is 0 Å². The maximum absolute atomic E-state index is 10.9. The summed E-state index contributed by atoms with van der Waals surface area (Å²) in [7, 11) is 0. The maximum Gasteiger partial charge on any atom is 0.335 e. The van der Waals surface area contributed by atoms with Crippen molar-refractivity contribution in [2.75, 3.05) is 11.1 Å². The van der Waals surface area contributed by atoms with Gasteiger partial charge in [0, 0.05) is 5.02 Å².